The lowest BCUT2D eigenvalue weighted by atomic mass is 9.91. The first kappa shape index (κ1) is 22.1. The molecule has 0 fully saturated rings. The second-order valence-corrected chi connectivity index (χ2v) is 8.26. The van der Waals surface area contributed by atoms with Crippen molar-refractivity contribution in [2.24, 2.45) is 0 Å². The normalized spacial score (nSPS) is 12.4. The van der Waals surface area contributed by atoms with Crippen molar-refractivity contribution in [3.8, 4) is 5.75 Å². The Labute approximate surface area is 179 Å². The van der Waals surface area contributed by atoms with Crippen LogP contribution in [0.2, 0.25) is 0 Å². The number of carbonyl (C=O) groups excluding carboxylic acids is 2. The maximum Gasteiger partial charge on any atom is 0.343 e. The summed E-state index contributed by atoms with van der Waals surface area (Å²) in [5.41, 5.74) is 0.102. The van der Waals surface area contributed by atoms with Gasteiger partial charge in [-0.25, -0.2) is 4.79 Å². The molecule has 1 unspecified atom stereocenters. The molecular formula is C24H25NO6. The number of ether oxygens (including phenoxy) is 1. The van der Waals surface area contributed by atoms with Crippen LogP contribution in [0.4, 0.5) is 0 Å². The third kappa shape index (κ3) is 5.12. The summed E-state index contributed by atoms with van der Waals surface area (Å²) in [4.78, 5) is 36.8. The first-order valence-corrected chi connectivity index (χ1v) is 9.91. The summed E-state index contributed by atoms with van der Waals surface area (Å²) in [6.45, 7) is 6.73. The van der Waals surface area contributed by atoms with Crippen LogP contribution in [0.3, 0.4) is 0 Å². The lowest BCUT2D eigenvalue weighted by Crippen LogP contribution is -2.34. The van der Waals surface area contributed by atoms with Gasteiger partial charge in [0.25, 0.3) is 5.91 Å². The highest BCUT2D eigenvalue weighted by molar-refractivity contribution is 5.96. The van der Waals surface area contributed by atoms with E-state index in [-0.39, 0.29) is 17.9 Å². The molecule has 0 bridgehead atoms. The van der Waals surface area contributed by atoms with Crippen LogP contribution in [0.15, 0.2) is 57.7 Å². The fraction of sp³-hybridized carbons (Fsp3) is 0.292. The number of rotatable bonds is 5. The second kappa shape index (κ2) is 8.63. The number of amides is 1. The van der Waals surface area contributed by atoms with Crippen molar-refractivity contribution in [3.63, 3.8) is 0 Å². The summed E-state index contributed by atoms with van der Waals surface area (Å²) in [7, 11) is 0. The Balaban J connectivity index is 1.83. The summed E-state index contributed by atoms with van der Waals surface area (Å²) in [6.07, 6.45) is 0. The van der Waals surface area contributed by atoms with E-state index in [1.165, 1.54) is 0 Å². The number of hydrogen-bond donors (Lipinski definition) is 2. The van der Waals surface area contributed by atoms with Gasteiger partial charge in [0.15, 0.2) is 0 Å². The van der Waals surface area contributed by atoms with Crippen LogP contribution in [-0.4, -0.2) is 29.1 Å². The van der Waals surface area contributed by atoms with Crippen molar-refractivity contribution in [2.75, 3.05) is 6.54 Å². The van der Waals surface area contributed by atoms with Gasteiger partial charge < -0.3 is 19.6 Å². The summed E-state index contributed by atoms with van der Waals surface area (Å²) < 4.78 is 10.5. The molecule has 1 amide bonds. The fourth-order valence-corrected chi connectivity index (χ4v) is 3.28. The molecular weight excluding hydrogens is 398 g/mol. The Morgan fingerprint density at radius 2 is 1.84 bits per heavy atom. The zero-order valence-electron chi connectivity index (χ0n) is 17.9. The van der Waals surface area contributed by atoms with E-state index in [0.29, 0.717) is 22.1 Å². The zero-order valence-corrected chi connectivity index (χ0v) is 17.9. The van der Waals surface area contributed by atoms with Crippen molar-refractivity contribution in [1.29, 1.82) is 0 Å². The van der Waals surface area contributed by atoms with Gasteiger partial charge in [-0.1, -0.05) is 31.2 Å². The van der Waals surface area contributed by atoms with Crippen LogP contribution in [0.25, 0.3) is 11.0 Å². The Morgan fingerprint density at radius 3 is 2.55 bits per heavy atom. The number of aromatic hydroxyl groups is 1. The molecule has 0 spiro atoms. The molecule has 1 atom stereocenters. The minimum Gasteiger partial charge on any atom is -0.507 e. The molecule has 3 aromatic rings. The quantitative estimate of drug-likeness (QED) is 0.479. The van der Waals surface area contributed by atoms with E-state index in [9.17, 15) is 19.5 Å². The molecule has 0 aliphatic rings. The molecule has 31 heavy (non-hydrogen) atoms. The number of carbonyl (C=O) groups is 2. The van der Waals surface area contributed by atoms with E-state index in [2.05, 4.69) is 5.32 Å². The average Bonchev–Trinajstić information content (AvgIpc) is 2.70. The summed E-state index contributed by atoms with van der Waals surface area (Å²) in [6, 6.07) is 13.4. The number of para-hydroxylation sites is 1. The van der Waals surface area contributed by atoms with Gasteiger partial charge in [0.05, 0.1) is 10.9 Å². The maximum atomic E-state index is 12.5. The van der Waals surface area contributed by atoms with Gasteiger partial charge in [-0.15, -0.1) is 0 Å². The Bertz CT molecular complexity index is 1190. The van der Waals surface area contributed by atoms with E-state index >= 15 is 0 Å². The van der Waals surface area contributed by atoms with Crippen LogP contribution in [0.1, 0.15) is 55.1 Å². The third-order valence-corrected chi connectivity index (χ3v) is 4.72. The molecule has 0 saturated heterocycles. The average molecular weight is 423 g/mol. The molecule has 1 aromatic heterocycles. The van der Waals surface area contributed by atoms with Gasteiger partial charge in [0.2, 0.25) is 0 Å². The van der Waals surface area contributed by atoms with Gasteiger partial charge >= 0.3 is 11.6 Å². The topological polar surface area (TPSA) is 106 Å². The highest BCUT2D eigenvalue weighted by Crippen LogP contribution is 2.33. The van der Waals surface area contributed by atoms with Crippen LogP contribution < -0.4 is 10.9 Å². The van der Waals surface area contributed by atoms with Gasteiger partial charge in [-0.2, -0.15) is 0 Å². The van der Waals surface area contributed by atoms with Crippen LogP contribution >= 0.6 is 0 Å². The molecule has 0 radical (unpaired) electrons. The van der Waals surface area contributed by atoms with Gasteiger partial charge in [-0.3, -0.25) is 9.59 Å². The third-order valence-electron chi connectivity index (χ3n) is 4.72. The van der Waals surface area contributed by atoms with Crippen molar-refractivity contribution in [2.45, 2.75) is 39.2 Å². The van der Waals surface area contributed by atoms with Crippen molar-refractivity contribution >= 4 is 22.8 Å². The summed E-state index contributed by atoms with van der Waals surface area (Å²) >= 11 is 0. The molecule has 1 heterocycles. The number of esters is 1. The predicted octanol–water partition coefficient (Wildman–Crippen LogP) is 3.72. The van der Waals surface area contributed by atoms with E-state index in [1.54, 1.807) is 76.2 Å². The van der Waals surface area contributed by atoms with Crippen molar-refractivity contribution in [1.82, 2.24) is 5.32 Å². The first-order chi connectivity index (χ1) is 14.6. The first-order valence-electron chi connectivity index (χ1n) is 9.91. The molecule has 0 aliphatic carbocycles. The number of benzene rings is 2. The van der Waals surface area contributed by atoms with Crippen LogP contribution in [-0.2, 0) is 9.53 Å². The largest absolute Gasteiger partial charge is 0.507 e. The van der Waals surface area contributed by atoms with Crippen LogP contribution in [0, 0.1) is 0 Å². The molecule has 162 valence electrons. The highest BCUT2D eigenvalue weighted by atomic mass is 16.6. The number of nitrogens with one attached hydrogen (secondary N) is 1. The van der Waals surface area contributed by atoms with Gasteiger partial charge in [-0.05, 0) is 50.6 Å². The number of fused-ring (bicyclic) bond motifs is 1. The Hall–Kier alpha value is -3.61. The molecule has 7 nitrogen and oxygen atoms in total. The Kier molecular flexibility index (Phi) is 6.15. The molecule has 7 heteroatoms. The monoisotopic (exact) mass is 423 g/mol. The minimum absolute atomic E-state index is 0.116. The summed E-state index contributed by atoms with van der Waals surface area (Å²) in [5.74, 6) is -1.66. The lowest BCUT2D eigenvalue weighted by molar-refractivity contribution is -0.153. The standard InChI is InChI=1S/C24H25NO6/c1-14(20-21(27)17-10-5-6-11-18(17)30-23(20)29)15-8-7-9-16(12-15)22(28)25-13-19(26)31-24(2,3)4/h5-12,14,27H,13H2,1-4H3,(H,25,28). The SMILES string of the molecule is CC(c1cccc(C(=O)NCC(=O)OC(C)(C)C)c1)c1c(O)c2ccccc2oc1=O. The van der Waals surface area contributed by atoms with Crippen molar-refractivity contribution < 1.29 is 23.8 Å². The van der Waals surface area contributed by atoms with E-state index in [0.717, 1.165) is 0 Å². The molecule has 2 N–H and O–H groups in total. The number of hydrogen-bond acceptors (Lipinski definition) is 6. The van der Waals surface area contributed by atoms with E-state index in [4.69, 9.17) is 9.15 Å². The fourth-order valence-electron chi connectivity index (χ4n) is 3.28. The van der Waals surface area contributed by atoms with Gasteiger partial charge in [0.1, 0.15) is 23.5 Å². The van der Waals surface area contributed by atoms with Crippen molar-refractivity contribution in [3.05, 3.63) is 75.6 Å². The lowest BCUT2D eigenvalue weighted by Gasteiger charge is -2.19. The highest BCUT2D eigenvalue weighted by Gasteiger charge is 2.22. The van der Waals surface area contributed by atoms with E-state index in [1.807, 2.05) is 0 Å². The summed E-state index contributed by atoms with van der Waals surface area (Å²) in [5, 5.41) is 13.7. The smallest absolute Gasteiger partial charge is 0.343 e. The zero-order chi connectivity index (χ0) is 22.8. The predicted molar refractivity (Wildman–Crippen MR) is 116 cm³/mol. The maximum absolute atomic E-state index is 12.5. The molecule has 0 saturated carbocycles. The van der Waals surface area contributed by atoms with Gasteiger partial charge in [0, 0.05) is 11.5 Å². The van der Waals surface area contributed by atoms with E-state index < -0.39 is 29.0 Å². The van der Waals surface area contributed by atoms with Crippen LogP contribution in [0.5, 0.6) is 5.75 Å². The molecule has 2 aromatic carbocycles. The minimum atomic E-state index is -0.639. The second-order valence-electron chi connectivity index (χ2n) is 8.26. The molecule has 0 aliphatic heterocycles. The Morgan fingerprint density at radius 1 is 1.13 bits per heavy atom. The molecule has 3 rings (SSSR count).